The minimum Gasteiger partial charge on any atom is -0.494 e. The number of pyridine rings is 1. The van der Waals surface area contributed by atoms with Crippen LogP contribution in [0.1, 0.15) is 211 Å². The maximum absolute atomic E-state index is 12.3. The van der Waals surface area contributed by atoms with Crippen molar-refractivity contribution >= 4 is 101 Å². The third-order valence-corrected chi connectivity index (χ3v) is 34.6. The highest BCUT2D eigenvalue weighted by Crippen LogP contribution is 2.49. The van der Waals surface area contributed by atoms with Crippen LogP contribution in [0.2, 0.25) is 0 Å². The fourth-order valence-electron chi connectivity index (χ4n) is 13.0. The van der Waals surface area contributed by atoms with Crippen LogP contribution in [-0.4, -0.2) is 143 Å². The fourth-order valence-corrected chi connectivity index (χ4v) is 22.9. The van der Waals surface area contributed by atoms with Crippen molar-refractivity contribution in [2.24, 2.45) is 5.92 Å². The lowest BCUT2D eigenvalue weighted by atomic mass is 9.91. The predicted molar refractivity (Wildman–Crippen MR) is 527 cm³/mol. The molecule has 2 aliphatic rings. The van der Waals surface area contributed by atoms with Gasteiger partial charge in [0.25, 0.3) is 0 Å². The number of hydrogen-bond donors (Lipinski definition) is 0. The first kappa shape index (κ1) is 110. The minimum absolute atomic E-state index is 0.557. The molecule has 0 atom stereocenters. The Balaban J connectivity index is 0.000000656. The van der Waals surface area contributed by atoms with Gasteiger partial charge in [0.15, 0.2) is 0 Å². The van der Waals surface area contributed by atoms with Crippen molar-refractivity contribution in [1.82, 2.24) is 4.98 Å². The second kappa shape index (κ2) is 56.9. The number of nitrogens with zero attached hydrogens (tertiary/aromatic N) is 1. The monoisotopic (exact) mass is 1770 g/mol. The van der Waals surface area contributed by atoms with E-state index in [4.69, 9.17) is 4.74 Å². The summed E-state index contributed by atoms with van der Waals surface area (Å²) in [6.07, 6.45) is 37.3. The van der Waals surface area contributed by atoms with E-state index in [0.29, 0.717) is 5.66 Å². The molecule has 0 amide bonds. The Morgan fingerprint density at radius 2 is 0.672 bits per heavy atom. The van der Waals surface area contributed by atoms with Crippen LogP contribution in [0.5, 0.6) is 5.75 Å². The Kier molecular flexibility index (Phi) is 54.1. The topological polar surface area (TPSA) is 176 Å². The molecular weight excluding hydrogens is 1610 g/mol. The van der Waals surface area contributed by atoms with Crippen molar-refractivity contribution in [2.45, 2.75) is 221 Å². The van der Waals surface area contributed by atoms with Crippen molar-refractivity contribution < 1.29 is 45.8 Å². The summed E-state index contributed by atoms with van der Waals surface area (Å²) in [6, 6.07) is 51.9. The van der Waals surface area contributed by atoms with E-state index in [2.05, 4.69) is 95.1 Å². The molecule has 654 valence electrons. The zero-order chi connectivity index (χ0) is 87.9. The number of unbranched alkanes of at least 4 members (excludes halogenated alkanes) is 6. The molecule has 2 saturated carbocycles. The quantitative estimate of drug-likeness (QED) is 0.0322. The van der Waals surface area contributed by atoms with Crippen molar-refractivity contribution in [1.29, 1.82) is 0 Å². The summed E-state index contributed by atoms with van der Waals surface area (Å²) in [6.45, 7) is 46.9. The van der Waals surface area contributed by atoms with Crippen molar-refractivity contribution in [2.75, 3.05) is 133 Å². The summed E-state index contributed by atoms with van der Waals surface area (Å²) in [5, 5.41) is 6.86. The normalized spacial score (nSPS) is 13.6. The van der Waals surface area contributed by atoms with Crippen molar-refractivity contribution in [3.8, 4) is 5.75 Å². The average molecular weight is 1770 g/mol. The lowest BCUT2D eigenvalue weighted by Gasteiger charge is -2.24. The molecule has 9 rings (SSSR count). The third-order valence-electron chi connectivity index (χ3n) is 20.2. The molecule has 1 aromatic heterocycles. The first-order valence-electron chi connectivity index (χ1n) is 43.1. The van der Waals surface area contributed by atoms with Crippen molar-refractivity contribution in [3.05, 3.63) is 198 Å². The number of ether oxygens (including phenoxy) is 1. The molecular formula is C96H160NO10P9. The highest BCUT2D eigenvalue weighted by atomic mass is 31.2. The third kappa shape index (κ3) is 52.0. The van der Waals surface area contributed by atoms with Gasteiger partial charge in [0.05, 0.1) is 20.9 Å². The van der Waals surface area contributed by atoms with Crippen LogP contribution < -0.4 is 41.9 Å². The van der Waals surface area contributed by atoms with E-state index in [1.807, 2.05) is 177 Å². The van der Waals surface area contributed by atoms with E-state index in [0.717, 1.165) is 107 Å². The summed E-state index contributed by atoms with van der Waals surface area (Å²) < 4.78 is 111. The van der Waals surface area contributed by atoms with E-state index < -0.39 is 64.3 Å². The molecule has 0 aliphatic heterocycles. The number of aryl methyl sites for hydroxylation is 5. The molecule has 11 nitrogen and oxygen atoms in total. The second-order valence-electron chi connectivity index (χ2n) is 35.2. The molecule has 0 saturated heterocycles. The van der Waals surface area contributed by atoms with Gasteiger partial charge < -0.3 is 45.8 Å². The van der Waals surface area contributed by atoms with Crippen LogP contribution in [0.3, 0.4) is 0 Å². The molecule has 6 aromatic carbocycles. The first-order valence-corrected chi connectivity index (χ1v) is 66.7. The van der Waals surface area contributed by atoms with Gasteiger partial charge in [-0.2, -0.15) is 0 Å². The lowest BCUT2D eigenvalue weighted by Crippen LogP contribution is -2.11. The maximum Gasteiger partial charge on any atom is 0.119 e. The Morgan fingerprint density at radius 3 is 1.06 bits per heavy atom. The van der Waals surface area contributed by atoms with Gasteiger partial charge >= 0.3 is 0 Å². The lowest BCUT2D eigenvalue weighted by molar-refractivity contribution is 0.309. The highest BCUT2D eigenvalue weighted by Gasteiger charge is 2.25. The average Bonchev–Trinajstić information content (AvgIpc) is 0.852. The van der Waals surface area contributed by atoms with E-state index in [1.54, 1.807) is 64.5 Å². The van der Waals surface area contributed by atoms with Gasteiger partial charge in [0.2, 0.25) is 0 Å². The molecule has 7 aromatic rings. The van der Waals surface area contributed by atoms with Crippen LogP contribution in [-0.2, 0) is 73.2 Å². The molecule has 0 radical (unpaired) electrons. The summed E-state index contributed by atoms with van der Waals surface area (Å²) in [4.78, 5) is 3.84. The van der Waals surface area contributed by atoms with Crippen LogP contribution in [0.25, 0.3) is 0 Å². The second-order valence-corrected chi connectivity index (χ2v) is 64.8. The van der Waals surface area contributed by atoms with Gasteiger partial charge in [-0.3, -0.25) is 4.98 Å². The van der Waals surface area contributed by atoms with Gasteiger partial charge in [-0.05, 0) is 292 Å². The Hall–Kier alpha value is -3.66. The molecule has 1 heterocycles. The van der Waals surface area contributed by atoms with Crippen molar-refractivity contribution in [3.63, 3.8) is 0 Å². The van der Waals surface area contributed by atoms with Crippen LogP contribution >= 0.6 is 64.3 Å². The van der Waals surface area contributed by atoms with Crippen LogP contribution in [0.15, 0.2) is 170 Å². The van der Waals surface area contributed by atoms with Gasteiger partial charge in [0, 0.05) is 61.3 Å². The predicted octanol–water partition coefficient (Wildman–Crippen LogP) is 27.0. The van der Waals surface area contributed by atoms with Crippen LogP contribution in [0.4, 0.5) is 0 Å². The molecule has 2 aliphatic carbocycles. The summed E-state index contributed by atoms with van der Waals surface area (Å²) in [5.74, 6) is 1.64. The Labute approximate surface area is 710 Å². The SMILES string of the molecule is CCCCOc1ccc(P(C)(C)=O)cc1.CCCCc1cc(CCCC)cc(P(C)(C)=O)c1.CCCCc1ccc(P(C)(C)=O)cc1.CCCCc1cccc(P(C)(C)=O)c1.CCCCc1ccccc1P(C)(C)=O.CP(C)(=O)C1CCCCC1.CP(C)(=O)CC1CCCCC1.CP(C)(=O)c1ccccc1.CP(C)(=O)c1ccncc1. The molecule has 0 spiro atoms. The van der Waals surface area contributed by atoms with Gasteiger partial charge in [-0.1, -0.05) is 235 Å². The van der Waals surface area contributed by atoms with Gasteiger partial charge in [0.1, 0.15) is 55.7 Å². The fraction of sp³-hybridized carbons (Fsp3) is 0.573. The Bertz CT molecular complexity index is 4190. The van der Waals surface area contributed by atoms with E-state index in [9.17, 15) is 41.1 Å². The molecule has 0 N–H and O–H groups in total. The molecule has 0 bridgehead atoms. The van der Waals surface area contributed by atoms with E-state index in [-0.39, 0.29) is 0 Å². The summed E-state index contributed by atoms with van der Waals surface area (Å²) >= 11 is 0. The number of hydrogen-bond acceptors (Lipinski definition) is 11. The zero-order valence-electron chi connectivity index (χ0n) is 76.9. The largest absolute Gasteiger partial charge is 0.494 e. The zero-order valence-corrected chi connectivity index (χ0v) is 84.9. The first-order chi connectivity index (χ1) is 54.0. The maximum atomic E-state index is 12.3. The summed E-state index contributed by atoms with van der Waals surface area (Å²) in [5.41, 5.74) is 7.22. The van der Waals surface area contributed by atoms with E-state index in [1.165, 1.54) is 156 Å². The molecule has 0 unspecified atom stereocenters. The van der Waals surface area contributed by atoms with E-state index >= 15 is 0 Å². The number of benzene rings is 6. The molecule has 20 heteroatoms. The standard InChI is InChI=1S/C16H27OP.C12H19O2P.3C12H19OP.C9H19OP.C8H17OP.C8H11OP.C7H10NOP/c1-5-7-9-14-11-15(10-8-6-2)13-16(12-14)18(3,4)17;1-4-5-10-14-11-6-8-12(9-7-11)15(2,3)13;1-4-5-8-11-9-6-7-10-12(11)14(2,3)13;1-4-5-7-11-8-6-9-12(10-11)14(2,3)13;1-4-5-6-11-7-9-12(10-8-11)14(2,3)13;1-11(2,10)8-9-6-4-3-5-7-9;2*1-10(2,9)8-6-4-3-5-7-8;1-10(2,9)7-3-5-8-6-4-7/h11-13H,5-10H2,1-4H3;6-9H,4-5,10H2,1-3H3;6-7,9-10H,4-5,8H2,1-3H3;6,8-10H,4-5,7H2,1-3H3;7-10H,4-6H2,1-3H3;9H,3-8H2,1-2H3;8H,3-7H2,1-2H3;3-7H,1-2H3;3-6H,1-2H3. The number of aromatic nitrogens is 1. The minimum atomic E-state index is -2.14. The summed E-state index contributed by atoms with van der Waals surface area (Å²) in [7, 11) is -18.0. The highest BCUT2D eigenvalue weighted by molar-refractivity contribution is 7.72. The Morgan fingerprint density at radius 1 is 0.310 bits per heavy atom. The van der Waals surface area contributed by atoms with Gasteiger partial charge in [-0.15, -0.1) is 0 Å². The number of rotatable bonds is 29. The smallest absolute Gasteiger partial charge is 0.119 e. The van der Waals surface area contributed by atoms with Gasteiger partial charge in [-0.25, -0.2) is 0 Å². The van der Waals surface area contributed by atoms with Crippen LogP contribution in [0, 0.1) is 5.92 Å². The molecule has 2 fully saturated rings. The molecule has 116 heavy (non-hydrogen) atoms.